The SMILES string of the molecule is Cn1c(=O)c(C(=O)c2cccc(SOOO)c2)c2c3c(c(Nc4cc(Nc5nc(NNc6nc(Nc7cc(Nc8ccc9c%10c8C(=O)c8ccccc8-c%10c(C(=O)c8cccc(S(=O)(=O)O)c8)c(=O)n9C)c(S(=O)(=O)O)cc7SOOO)nc(Oc7cc(C(=O)O)cc(C(=O)O)c7)n6)nc(Oc6cc(C(=O)O)cc(C(=O)O)c6)n5)c(S(=O)(=O)O)cc4SOOO)ccc31)C(=O)c1ccccc1-2. The lowest BCUT2D eigenvalue weighted by Gasteiger charge is -2.26. The van der Waals surface area contributed by atoms with Crippen molar-refractivity contribution in [2.45, 2.75) is 29.4 Å². The maximum Gasteiger partial charge on any atom is 0.335 e. The molecule has 0 amide bonds. The average Bonchev–Trinajstić information content (AvgIpc) is 0.708. The number of carboxylic acids is 4. The van der Waals surface area contributed by atoms with Gasteiger partial charge in [0.2, 0.25) is 23.8 Å². The summed E-state index contributed by atoms with van der Waals surface area (Å²) in [6.45, 7) is 0. The number of hydrogen-bond donors (Lipinski definition) is 16. The molecule has 14 aromatic rings. The molecule has 0 saturated carbocycles. The van der Waals surface area contributed by atoms with Crippen LogP contribution >= 0.6 is 36.1 Å². The predicted octanol–water partition coefficient (Wildman–Crippen LogP) is 12.5. The van der Waals surface area contributed by atoms with Crippen LogP contribution in [0.3, 0.4) is 0 Å². The molecule has 4 heterocycles. The first-order chi connectivity index (χ1) is 64.8. The van der Waals surface area contributed by atoms with Gasteiger partial charge in [0, 0.05) is 63.1 Å². The first kappa shape index (κ1) is 93.3. The molecular formula is C82H52N14O34S6. The summed E-state index contributed by atoms with van der Waals surface area (Å²) in [4.78, 5) is 161. The highest BCUT2D eigenvalue weighted by Crippen LogP contribution is 2.50. The molecule has 0 spiro atoms. The van der Waals surface area contributed by atoms with E-state index in [0.29, 0.717) is 18.1 Å². The van der Waals surface area contributed by atoms with Crippen LogP contribution in [0.1, 0.15) is 105 Å². The number of aromatic carboxylic acids is 4. The minimum absolute atomic E-state index is 0.00901. The van der Waals surface area contributed by atoms with Crippen molar-refractivity contribution in [3.8, 4) is 45.8 Å². The number of nitrogens with zero attached hydrogens (tertiary/aromatic N) is 8. The Labute approximate surface area is 769 Å². The smallest absolute Gasteiger partial charge is 0.335 e. The number of rotatable bonds is 35. The van der Waals surface area contributed by atoms with E-state index in [0.717, 1.165) is 88.0 Å². The van der Waals surface area contributed by atoms with Crippen molar-refractivity contribution < 1.29 is 151 Å². The molecule has 0 atom stereocenters. The average molecular weight is 1970 g/mol. The highest BCUT2D eigenvalue weighted by atomic mass is 32.2. The van der Waals surface area contributed by atoms with Gasteiger partial charge in [0.1, 0.15) is 21.3 Å². The maximum absolute atomic E-state index is 15.2. The molecule has 0 fully saturated rings. The van der Waals surface area contributed by atoms with Crippen LogP contribution in [0.25, 0.3) is 44.1 Å². The monoisotopic (exact) mass is 1970 g/mol. The number of ether oxygens (including phenoxy) is 2. The molecule has 54 heteroatoms. The number of fused-ring (bicyclic) bond motifs is 4. The number of hydrogen-bond acceptors (Lipinski definition) is 42. The molecule has 0 saturated heterocycles. The van der Waals surface area contributed by atoms with Crippen molar-refractivity contribution in [1.82, 2.24) is 39.0 Å². The Morgan fingerprint density at radius 1 is 0.360 bits per heavy atom. The third-order valence-corrected chi connectivity index (χ3v) is 24.9. The highest BCUT2D eigenvalue weighted by Gasteiger charge is 2.39. The van der Waals surface area contributed by atoms with Crippen LogP contribution in [0.15, 0.2) is 221 Å². The summed E-state index contributed by atoms with van der Waals surface area (Å²) in [5.41, 5.74) is -4.48. The van der Waals surface area contributed by atoms with Crippen molar-refractivity contribution in [1.29, 1.82) is 0 Å². The van der Waals surface area contributed by atoms with E-state index in [1.807, 2.05) is 0 Å². The lowest BCUT2D eigenvalue weighted by Crippen LogP contribution is -2.29. The van der Waals surface area contributed by atoms with E-state index in [1.165, 1.54) is 105 Å². The van der Waals surface area contributed by atoms with Gasteiger partial charge in [0.25, 0.3) is 41.5 Å². The van der Waals surface area contributed by atoms with Gasteiger partial charge < -0.3 is 60.3 Å². The zero-order chi connectivity index (χ0) is 97.0. The molecule has 0 bridgehead atoms. The van der Waals surface area contributed by atoms with Crippen LogP contribution < -0.4 is 52.7 Å². The molecule has 136 heavy (non-hydrogen) atoms. The second kappa shape index (κ2) is 37.2. The Hall–Kier alpha value is -16.0. The third-order valence-electron chi connectivity index (χ3n) is 20.4. The predicted molar refractivity (Wildman–Crippen MR) is 471 cm³/mol. The number of carboxylic acid groups (broad SMARTS) is 4. The van der Waals surface area contributed by atoms with E-state index in [1.54, 1.807) is 6.07 Å². The Kier molecular flexibility index (Phi) is 25.5. The summed E-state index contributed by atoms with van der Waals surface area (Å²) in [6, 6.07) is 32.7. The number of nitrogens with one attached hydrogen (secondary N) is 6. The van der Waals surface area contributed by atoms with Gasteiger partial charge in [-0.2, -0.15) is 55.2 Å². The molecule has 0 radical (unpaired) electrons. The Balaban J connectivity index is 0.821. The summed E-state index contributed by atoms with van der Waals surface area (Å²) < 4.78 is 140. The zero-order valence-electron chi connectivity index (χ0n) is 67.6. The second-order valence-electron chi connectivity index (χ2n) is 28.4. The molecule has 48 nitrogen and oxygen atoms in total. The largest absolute Gasteiger partial charge is 0.478 e. The molecule has 0 aliphatic heterocycles. The van der Waals surface area contributed by atoms with E-state index < -0.39 is 216 Å². The fourth-order valence-corrected chi connectivity index (χ4v) is 18.0. The van der Waals surface area contributed by atoms with Crippen molar-refractivity contribution in [2.75, 3.05) is 32.1 Å². The standard InChI is InChI=1S/C82H52N14O34S6/c1-95-53-19-17-47(61-63(53)59(43-13-3-5-15-45(43)69(61)99)65(71(95)101)67(97)33-9-7-11-41(27-33)131-128-125-111)83-49-29-52(58(136(120,121)122)31-55(49)132-129-126-112)86-78-88-80(92-82(90-78)124-40-25-37(75(107)108)22-38(26-40)76(109)110)94-93-79-87-77(89-81(91-79)123-39-23-35(73(103)104)21-36(24-39)74(105)106)85-50-30-51(57(135(117,118)119)32-56(50)133-130-127-113)84-48-18-20-54-64-60(44-14-4-6-16-46(44)70(100)62(48)64)66(72(102)96(54)2)68(98)34-10-8-12-42(28-34)134(114,115)116/h3-32,83-84,111-113H,1-2H3,(H,103,104)(H,105,106)(H,107,108)(H,109,110)(H,114,115,116)(H,117,118,119)(H,120,121,122)(H2,85,87,89,91,93)(H2,86,88,90,92,94). The zero-order valence-corrected chi connectivity index (χ0v) is 72.5. The van der Waals surface area contributed by atoms with Gasteiger partial charge in [-0.1, -0.05) is 87.9 Å². The van der Waals surface area contributed by atoms with Crippen LogP contribution in [0.2, 0.25) is 0 Å². The van der Waals surface area contributed by atoms with Crippen molar-refractivity contribution in [3.63, 3.8) is 0 Å². The number of carbonyl (C=O) groups is 8. The summed E-state index contributed by atoms with van der Waals surface area (Å²) in [5.74, 6) is -14.8. The molecule has 16 N–H and O–H groups in total. The number of aryl methyl sites for hydroxylation is 2. The van der Waals surface area contributed by atoms with Gasteiger partial charge in [-0.05, 0) is 120 Å². The van der Waals surface area contributed by atoms with Crippen LogP contribution in [-0.4, -0.2) is 161 Å². The lowest BCUT2D eigenvalue weighted by molar-refractivity contribution is -0.432. The first-order valence-electron chi connectivity index (χ1n) is 37.7. The van der Waals surface area contributed by atoms with Gasteiger partial charge in [-0.15, -0.1) is 13.0 Å². The molecular weight excluding hydrogens is 1920 g/mol. The molecule has 2 aliphatic rings. The summed E-state index contributed by atoms with van der Waals surface area (Å²) in [6.07, 6.45) is 0. The molecule has 0 unspecified atom stereocenters. The molecule has 16 rings (SSSR count). The van der Waals surface area contributed by atoms with E-state index in [2.05, 4.69) is 81.5 Å². The molecule has 10 aromatic carbocycles. The van der Waals surface area contributed by atoms with Gasteiger partial charge in [-0.25, -0.2) is 34.9 Å². The summed E-state index contributed by atoms with van der Waals surface area (Å²) in [7, 11) is -13.5. The quantitative estimate of drug-likeness (QED) is 0.00577. The number of aromatic nitrogens is 8. The molecule has 2 aliphatic carbocycles. The minimum Gasteiger partial charge on any atom is -0.478 e. The Bertz CT molecular complexity index is 8030. The van der Waals surface area contributed by atoms with Crippen LogP contribution in [0, 0.1) is 0 Å². The fourth-order valence-electron chi connectivity index (χ4n) is 14.7. The number of carbonyl (C=O) groups excluding carboxylic acids is 4. The number of pyridine rings is 2. The fraction of sp³-hybridized carbons (Fsp3) is 0.0244. The lowest BCUT2D eigenvalue weighted by atomic mass is 9.80. The van der Waals surface area contributed by atoms with Gasteiger partial charge in [0.15, 0.2) is 23.1 Å². The normalized spacial score (nSPS) is 12.1. The van der Waals surface area contributed by atoms with Gasteiger partial charge in [-0.3, -0.25) is 53.3 Å². The highest BCUT2D eigenvalue weighted by molar-refractivity contribution is 7.95. The van der Waals surface area contributed by atoms with Crippen molar-refractivity contribution in [2.24, 2.45) is 14.1 Å². The van der Waals surface area contributed by atoms with Crippen molar-refractivity contribution >= 4 is 193 Å². The van der Waals surface area contributed by atoms with Crippen LogP contribution in [0.5, 0.6) is 23.5 Å². The Morgan fingerprint density at radius 3 is 1.15 bits per heavy atom. The van der Waals surface area contributed by atoms with E-state index in [4.69, 9.17) is 23.4 Å². The minimum atomic E-state index is -5.56. The van der Waals surface area contributed by atoms with Gasteiger partial charge in [0.05, 0.1) is 140 Å². The summed E-state index contributed by atoms with van der Waals surface area (Å²) >= 11 is 0.635. The van der Waals surface area contributed by atoms with E-state index in [9.17, 15) is 108 Å². The van der Waals surface area contributed by atoms with Crippen LogP contribution in [-0.2, 0) is 72.6 Å². The summed E-state index contributed by atoms with van der Waals surface area (Å²) in [5, 5.41) is 90.8. The number of anilines is 10. The van der Waals surface area contributed by atoms with Crippen molar-refractivity contribution in [3.05, 3.63) is 269 Å². The second-order valence-corrected chi connectivity index (χ2v) is 34.9. The Morgan fingerprint density at radius 2 is 0.735 bits per heavy atom. The van der Waals surface area contributed by atoms with E-state index in [-0.39, 0.29) is 118 Å². The number of ketones is 4. The third kappa shape index (κ3) is 18.6. The van der Waals surface area contributed by atoms with Crippen LogP contribution in [0.4, 0.5) is 57.9 Å². The van der Waals surface area contributed by atoms with Gasteiger partial charge >= 0.3 is 35.9 Å². The first-order valence-corrected chi connectivity index (χ1v) is 44.2. The topological polar surface area (TPSA) is 709 Å². The number of benzene rings is 10. The molecule has 690 valence electrons. The maximum atomic E-state index is 15.2. The number of hydrazine groups is 1. The molecule has 4 aromatic heterocycles. The van der Waals surface area contributed by atoms with E-state index >= 15 is 9.59 Å².